The first-order valence-corrected chi connectivity index (χ1v) is 5.22. The first-order chi connectivity index (χ1) is 9.08. The average Bonchev–Trinajstić information content (AvgIpc) is 2.39. The molecule has 1 aromatic carbocycles. The molecule has 0 saturated heterocycles. The number of carboxylic acids is 2. The molecule has 0 spiro atoms. The number of anilines is 2. The Morgan fingerprint density at radius 3 is 2.32 bits per heavy atom. The molecule has 0 unspecified atom stereocenters. The fraction of sp³-hybridized carbons (Fsp3) is 0. The van der Waals surface area contributed by atoms with Crippen molar-refractivity contribution in [2.45, 2.75) is 0 Å². The summed E-state index contributed by atoms with van der Waals surface area (Å²) in [6.07, 6.45) is 3.00. The molecule has 7 nitrogen and oxygen atoms in total. The van der Waals surface area contributed by atoms with Crippen LogP contribution in [0.3, 0.4) is 0 Å². The molecular formula is C12H9N3O4. The van der Waals surface area contributed by atoms with Crippen molar-refractivity contribution in [1.29, 1.82) is 0 Å². The lowest BCUT2D eigenvalue weighted by Crippen LogP contribution is -2.07. The zero-order valence-corrected chi connectivity index (χ0v) is 9.57. The second-order valence-electron chi connectivity index (χ2n) is 3.57. The molecule has 2 aromatic rings. The van der Waals surface area contributed by atoms with Gasteiger partial charge in [0.2, 0.25) is 5.95 Å². The summed E-state index contributed by atoms with van der Waals surface area (Å²) in [5.41, 5.74) is -0.0343. The van der Waals surface area contributed by atoms with Gasteiger partial charge in [-0.1, -0.05) is 0 Å². The molecule has 96 valence electrons. The standard InChI is InChI=1S/C12H9N3O4/c16-10(17)7-2-3-9(8(6-7)11(18)19)15-12-13-4-1-5-14-12/h1-6H,(H,16,17)(H,18,19)(H,13,14,15). The van der Waals surface area contributed by atoms with E-state index < -0.39 is 11.9 Å². The number of rotatable bonds is 4. The molecule has 7 heteroatoms. The smallest absolute Gasteiger partial charge is 0.337 e. The van der Waals surface area contributed by atoms with Gasteiger partial charge in [0.25, 0.3) is 0 Å². The van der Waals surface area contributed by atoms with E-state index in [0.717, 1.165) is 6.07 Å². The minimum Gasteiger partial charge on any atom is -0.478 e. The fourth-order valence-electron chi connectivity index (χ4n) is 1.45. The van der Waals surface area contributed by atoms with Gasteiger partial charge in [-0.25, -0.2) is 19.6 Å². The minimum atomic E-state index is -1.23. The second kappa shape index (κ2) is 5.13. The highest BCUT2D eigenvalue weighted by molar-refractivity contribution is 5.98. The molecular weight excluding hydrogens is 250 g/mol. The monoisotopic (exact) mass is 259 g/mol. The Hall–Kier alpha value is -2.96. The maximum atomic E-state index is 11.1. The van der Waals surface area contributed by atoms with Gasteiger partial charge < -0.3 is 15.5 Å². The van der Waals surface area contributed by atoms with Gasteiger partial charge in [-0.2, -0.15) is 0 Å². The summed E-state index contributed by atoms with van der Waals surface area (Å²) < 4.78 is 0. The highest BCUT2D eigenvalue weighted by Gasteiger charge is 2.14. The summed E-state index contributed by atoms with van der Waals surface area (Å²) in [5, 5.41) is 20.6. The van der Waals surface area contributed by atoms with Gasteiger partial charge in [0.1, 0.15) is 0 Å². The van der Waals surface area contributed by atoms with Crippen LogP contribution in [0.1, 0.15) is 20.7 Å². The summed E-state index contributed by atoms with van der Waals surface area (Å²) in [6, 6.07) is 5.37. The largest absolute Gasteiger partial charge is 0.478 e. The SMILES string of the molecule is O=C(O)c1ccc(Nc2ncccn2)c(C(=O)O)c1. The lowest BCUT2D eigenvalue weighted by atomic mass is 10.1. The number of benzene rings is 1. The molecule has 0 fully saturated rings. The van der Waals surface area contributed by atoms with E-state index in [1.807, 2.05) is 0 Å². The third kappa shape index (κ3) is 2.83. The highest BCUT2D eigenvalue weighted by Crippen LogP contribution is 2.20. The van der Waals surface area contributed by atoms with Crippen LogP contribution in [0.5, 0.6) is 0 Å². The molecule has 0 saturated carbocycles. The molecule has 0 bridgehead atoms. The summed E-state index contributed by atoms with van der Waals surface area (Å²) in [4.78, 5) is 29.7. The first kappa shape index (κ1) is 12.5. The van der Waals surface area contributed by atoms with Crippen molar-refractivity contribution in [2.24, 2.45) is 0 Å². The van der Waals surface area contributed by atoms with E-state index >= 15 is 0 Å². The van der Waals surface area contributed by atoms with Crippen molar-refractivity contribution < 1.29 is 19.8 Å². The molecule has 0 radical (unpaired) electrons. The lowest BCUT2D eigenvalue weighted by Gasteiger charge is -2.08. The van der Waals surface area contributed by atoms with Crippen LogP contribution >= 0.6 is 0 Å². The van der Waals surface area contributed by atoms with Gasteiger partial charge >= 0.3 is 11.9 Å². The fourth-order valence-corrected chi connectivity index (χ4v) is 1.45. The molecule has 0 aliphatic heterocycles. The lowest BCUT2D eigenvalue weighted by molar-refractivity contribution is 0.0696. The highest BCUT2D eigenvalue weighted by atomic mass is 16.4. The first-order valence-electron chi connectivity index (χ1n) is 5.22. The van der Waals surface area contributed by atoms with Gasteiger partial charge in [0.15, 0.2) is 0 Å². The minimum absolute atomic E-state index is 0.100. The Bertz CT molecular complexity index is 628. The molecule has 19 heavy (non-hydrogen) atoms. The Morgan fingerprint density at radius 2 is 1.74 bits per heavy atom. The Kier molecular flexibility index (Phi) is 3.37. The predicted molar refractivity (Wildman–Crippen MR) is 65.7 cm³/mol. The van der Waals surface area contributed by atoms with Gasteiger partial charge in [-0.05, 0) is 24.3 Å². The number of hydrogen-bond donors (Lipinski definition) is 3. The van der Waals surface area contributed by atoms with Crippen LogP contribution < -0.4 is 5.32 Å². The van der Waals surface area contributed by atoms with E-state index in [-0.39, 0.29) is 22.8 Å². The van der Waals surface area contributed by atoms with Crippen molar-refractivity contribution in [3.05, 3.63) is 47.8 Å². The summed E-state index contributed by atoms with van der Waals surface area (Å²) in [6.45, 7) is 0. The van der Waals surface area contributed by atoms with Crippen LogP contribution in [0, 0.1) is 0 Å². The molecule has 2 rings (SSSR count). The van der Waals surface area contributed by atoms with Crippen LogP contribution in [0.25, 0.3) is 0 Å². The number of nitrogens with zero attached hydrogens (tertiary/aromatic N) is 2. The zero-order chi connectivity index (χ0) is 13.8. The molecule has 1 heterocycles. The number of carbonyl (C=O) groups is 2. The Balaban J connectivity index is 2.40. The number of aromatic carboxylic acids is 2. The normalized spacial score (nSPS) is 9.89. The summed E-state index contributed by atoms with van der Waals surface area (Å²) in [5.74, 6) is -2.19. The quantitative estimate of drug-likeness (QED) is 0.764. The van der Waals surface area contributed by atoms with Crippen LogP contribution in [0.2, 0.25) is 0 Å². The third-order valence-electron chi connectivity index (χ3n) is 2.31. The number of aromatic nitrogens is 2. The Morgan fingerprint density at radius 1 is 1.05 bits per heavy atom. The van der Waals surface area contributed by atoms with Crippen molar-refractivity contribution in [3.8, 4) is 0 Å². The van der Waals surface area contributed by atoms with Gasteiger partial charge in [-0.3, -0.25) is 0 Å². The third-order valence-corrected chi connectivity index (χ3v) is 2.31. The van der Waals surface area contributed by atoms with Gasteiger partial charge in [-0.15, -0.1) is 0 Å². The average molecular weight is 259 g/mol. The van der Waals surface area contributed by atoms with E-state index in [1.165, 1.54) is 24.5 Å². The van der Waals surface area contributed by atoms with E-state index in [2.05, 4.69) is 15.3 Å². The second-order valence-corrected chi connectivity index (χ2v) is 3.57. The van der Waals surface area contributed by atoms with Crippen LogP contribution in [0.4, 0.5) is 11.6 Å². The number of hydrogen-bond acceptors (Lipinski definition) is 5. The van der Waals surface area contributed by atoms with Crippen molar-refractivity contribution in [1.82, 2.24) is 9.97 Å². The summed E-state index contributed by atoms with van der Waals surface area (Å²) in [7, 11) is 0. The van der Waals surface area contributed by atoms with Crippen molar-refractivity contribution in [3.63, 3.8) is 0 Å². The molecule has 1 aromatic heterocycles. The van der Waals surface area contributed by atoms with Crippen molar-refractivity contribution >= 4 is 23.6 Å². The Labute approximate surface area is 107 Å². The van der Waals surface area contributed by atoms with E-state index in [9.17, 15) is 9.59 Å². The van der Waals surface area contributed by atoms with Crippen LogP contribution in [-0.2, 0) is 0 Å². The predicted octanol–water partition coefficient (Wildman–Crippen LogP) is 1.62. The number of nitrogens with one attached hydrogen (secondary N) is 1. The van der Waals surface area contributed by atoms with E-state index in [1.54, 1.807) is 6.07 Å². The maximum absolute atomic E-state index is 11.1. The van der Waals surface area contributed by atoms with E-state index in [4.69, 9.17) is 10.2 Å². The topological polar surface area (TPSA) is 112 Å². The van der Waals surface area contributed by atoms with Crippen LogP contribution in [0.15, 0.2) is 36.7 Å². The maximum Gasteiger partial charge on any atom is 0.337 e. The van der Waals surface area contributed by atoms with E-state index in [0.29, 0.717) is 0 Å². The van der Waals surface area contributed by atoms with Gasteiger partial charge in [0.05, 0.1) is 16.8 Å². The molecule has 0 amide bonds. The molecule has 0 atom stereocenters. The summed E-state index contributed by atoms with van der Waals surface area (Å²) >= 11 is 0. The molecule has 0 aliphatic carbocycles. The zero-order valence-electron chi connectivity index (χ0n) is 9.57. The van der Waals surface area contributed by atoms with Gasteiger partial charge in [0, 0.05) is 12.4 Å². The number of carboxylic acid groups (broad SMARTS) is 2. The van der Waals surface area contributed by atoms with Crippen molar-refractivity contribution in [2.75, 3.05) is 5.32 Å². The molecule has 0 aliphatic rings. The van der Waals surface area contributed by atoms with Crippen LogP contribution in [-0.4, -0.2) is 32.1 Å². The molecule has 3 N–H and O–H groups in total.